The van der Waals surface area contributed by atoms with Gasteiger partial charge < -0.3 is 5.11 Å². The zero-order valence-electron chi connectivity index (χ0n) is 7.59. The first-order valence-corrected chi connectivity index (χ1v) is 4.92. The monoisotopic (exact) mass is 219 g/mol. The van der Waals surface area contributed by atoms with Crippen LogP contribution in [-0.2, 0) is 5.41 Å². The van der Waals surface area contributed by atoms with Gasteiger partial charge in [0.2, 0.25) is 0 Å². The number of hydrogen-bond acceptors (Lipinski definition) is 3. The number of carboxylic acids is 1. The van der Waals surface area contributed by atoms with Crippen LogP contribution in [0.15, 0.2) is 0 Å². The van der Waals surface area contributed by atoms with Crippen LogP contribution in [0, 0.1) is 0 Å². The molecule has 0 aliphatic rings. The molecule has 13 heavy (non-hydrogen) atoms. The third-order valence-corrected chi connectivity index (χ3v) is 3.07. The van der Waals surface area contributed by atoms with E-state index in [9.17, 15) is 4.79 Å². The zero-order chi connectivity index (χ0) is 10.2. The third-order valence-electron chi connectivity index (χ3n) is 1.48. The Morgan fingerprint density at radius 3 is 2.38 bits per heavy atom. The zero-order valence-corrected chi connectivity index (χ0v) is 9.16. The molecule has 0 saturated carbocycles. The molecule has 1 aromatic heterocycles. The first-order chi connectivity index (χ1) is 5.82. The topological polar surface area (TPSA) is 50.2 Å². The number of carboxylic acid groups (broad SMARTS) is 1. The van der Waals surface area contributed by atoms with Crippen LogP contribution >= 0.6 is 22.9 Å². The van der Waals surface area contributed by atoms with Crippen LogP contribution in [0.3, 0.4) is 0 Å². The Morgan fingerprint density at radius 2 is 2.08 bits per heavy atom. The summed E-state index contributed by atoms with van der Waals surface area (Å²) in [6.07, 6.45) is 0. The molecule has 0 radical (unpaired) electrons. The lowest BCUT2D eigenvalue weighted by molar-refractivity contribution is 0.0688. The van der Waals surface area contributed by atoms with Crippen LogP contribution in [0.5, 0.6) is 0 Å². The number of thiazole rings is 1. The van der Waals surface area contributed by atoms with E-state index in [-0.39, 0.29) is 15.6 Å². The van der Waals surface area contributed by atoms with Crippen LogP contribution in [0.1, 0.15) is 36.1 Å². The Kier molecular flexibility index (Phi) is 2.63. The molecule has 0 aliphatic carbocycles. The van der Waals surface area contributed by atoms with Crippen molar-refractivity contribution in [2.75, 3.05) is 0 Å². The van der Waals surface area contributed by atoms with Crippen molar-refractivity contribution < 1.29 is 9.90 Å². The average Bonchev–Trinajstić information content (AvgIpc) is 2.29. The normalized spacial score (nSPS) is 11.7. The van der Waals surface area contributed by atoms with Gasteiger partial charge in [0.1, 0.15) is 0 Å². The number of halogens is 1. The molecule has 3 nitrogen and oxygen atoms in total. The van der Waals surface area contributed by atoms with Gasteiger partial charge in [0.05, 0.1) is 0 Å². The van der Waals surface area contributed by atoms with Gasteiger partial charge in [-0.3, -0.25) is 0 Å². The molecule has 0 saturated heterocycles. The minimum absolute atomic E-state index is 0.0718. The number of carbonyl (C=O) groups is 1. The van der Waals surface area contributed by atoms with Crippen molar-refractivity contribution in [3.05, 3.63) is 15.0 Å². The highest BCUT2D eigenvalue weighted by Crippen LogP contribution is 2.33. The lowest BCUT2D eigenvalue weighted by Gasteiger charge is -2.15. The Hall–Kier alpha value is -0.610. The molecular weight excluding hydrogens is 210 g/mol. The van der Waals surface area contributed by atoms with Gasteiger partial charge in [0.15, 0.2) is 10.2 Å². The largest absolute Gasteiger partial charge is 0.476 e. The van der Waals surface area contributed by atoms with E-state index in [1.54, 1.807) is 0 Å². The fourth-order valence-corrected chi connectivity index (χ4v) is 2.10. The van der Waals surface area contributed by atoms with Gasteiger partial charge in [-0.25, -0.2) is 9.78 Å². The summed E-state index contributed by atoms with van der Waals surface area (Å²) in [5.41, 5.74) is -0.152. The van der Waals surface area contributed by atoms with E-state index in [1.165, 1.54) is 11.3 Å². The molecule has 72 valence electrons. The summed E-state index contributed by atoms with van der Waals surface area (Å²) in [4.78, 5) is 15.2. The first kappa shape index (κ1) is 10.5. The molecule has 0 unspecified atom stereocenters. The van der Waals surface area contributed by atoms with E-state index in [2.05, 4.69) is 4.98 Å². The van der Waals surface area contributed by atoms with E-state index in [0.717, 1.165) is 0 Å². The van der Waals surface area contributed by atoms with E-state index in [1.807, 2.05) is 20.8 Å². The van der Waals surface area contributed by atoms with Crippen LogP contribution in [-0.4, -0.2) is 16.1 Å². The highest BCUT2D eigenvalue weighted by Gasteiger charge is 2.26. The Bertz CT molecular complexity index is 340. The Balaban J connectivity index is 3.28. The highest BCUT2D eigenvalue weighted by atomic mass is 35.5. The molecule has 0 aliphatic heterocycles. The van der Waals surface area contributed by atoms with E-state index < -0.39 is 5.97 Å². The van der Waals surface area contributed by atoms with Gasteiger partial charge in [0, 0.05) is 4.88 Å². The predicted octanol–water partition coefficient (Wildman–Crippen LogP) is 2.79. The number of nitrogens with zero attached hydrogens (tertiary/aromatic N) is 1. The standard InChI is InChI=1S/C8H10ClNO2S/c1-8(2,3)5-4(6(11)12)10-7(9)13-5/h1-3H3,(H,11,12). The molecule has 1 aromatic rings. The fourth-order valence-electron chi connectivity index (χ4n) is 0.947. The molecule has 1 rings (SSSR count). The van der Waals surface area contributed by atoms with Crippen molar-refractivity contribution in [2.45, 2.75) is 26.2 Å². The number of hydrogen-bond donors (Lipinski definition) is 1. The predicted molar refractivity (Wildman–Crippen MR) is 52.8 cm³/mol. The maximum absolute atomic E-state index is 10.8. The lowest BCUT2D eigenvalue weighted by Crippen LogP contribution is -2.14. The molecule has 0 aromatic carbocycles. The van der Waals surface area contributed by atoms with Crippen molar-refractivity contribution in [3.8, 4) is 0 Å². The SMILES string of the molecule is CC(C)(C)c1sc(Cl)nc1C(=O)O. The maximum Gasteiger partial charge on any atom is 0.355 e. The molecule has 1 N–H and O–H groups in total. The van der Waals surface area contributed by atoms with Crippen LogP contribution < -0.4 is 0 Å². The molecule has 0 spiro atoms. The van der Waals surface area contributed by atoms with Gasteiger partial charge >= 0.3 is 5.97 Å². The Morgan fingerprint density at radius 1 is 1.54 bits per heavy atom. The van der Waals surface area contributed by atoms with E-state index in [4.69, 9.17) is 16.7 Å². The summed E-state index contributed by atoms with van der Waals surface area (Å²) < 4.78 is 0.280. The second kappa shape index (κ2) is 3.27. The minimum atomic E-state index is -1.02. The smallest absolute Gasteiger partial charge is 0.355 e. The summed E-state index contributed by atoms with van der Waals surface area (Å²) in [5, 5.41) is 8.83. The molecule has 5 heteroatoms. The number of aromatic carboxylic acids is 1. The van der Waals surface area contributed by atoms with Crippen LogP contribution in [0.2, 0.25) is 4.47 Å². The second-order valence-corrected chi connectivity index (χ2v) is 5.28. The van der Waals surface area contributed by atoms with E-state index >= 15 is 0 Å². The molecular formula is C8H10ClNO2S. The van der Waals surface area contributed by atoms with Gasteiger partial charge in [-0.2, -0.15) is 0 Å². The van der Waals surface area contributed by atoms with Crippen LogP contribution in [0.4, 0.5) is 0 Å². The van der Waals surface area contributed by atoms with Crippen molar-refractivity contribution in [1.29, 1.82) is 0 Å². The summed E-state index contributed by atoms with van der Waals surface area (Å²) in [5.74, 6) is -1.02. The van der Waals surface area contributed by atoms with Crippen molar-refractivity contribution in [1.82, 2.24) is 4.98 Å². The third kappa shape index (κ3) is 2.19. The van der Waals surface area contributed by atoms with Gasteiger partial charge in [-0.15, -0.1) is 11.3 Å². The van der Waals surface area contributed by atoms with Crippen molar-refractivity contribution in [2.24, 2.45) is 0 Å². The lowest BCUT2D eigenvalue weighted by atomic mass is 9.93. The van der Waals surface area contributed by atoms with Gasteiger partial charge in [-0.1, -0.05) is 32.4 Å². The average molecular weight is 220 g/mol. The second-order valence-electron chi connectivity index (χ2n) is 3.70. The van der Waals surface area contributed by atoms with Crippen molar-refractivity contribution in [3.63, 3.8) is 0 Å². The fraction of sp³-hybridized carbons (Fsp3) is 0.500. The first-order valence-electron chi connectivity index (χ1n) is 3.72. The molecule has 0 atom stereocenters. The van der Waals surface area contributed by atoms with Gasteiger partial charge in [0.25, 0.3) is 0 Å². The molecule has 0 fully saturated rings. The number of aromatic nitrogens is 1. The maximum atomic E-state index is 10.8. The van der Waals surface area contributed by atoms with Crippen LogP contribution in [0.25, 0.3) is 0 Å². The van der Waals surface area contributed by atoms with Gasteiger partial charge in [-0.05, 0) is 5.41 Å². The number of rotatable bonds is 1. The minimum Gasteiger partial charge on any atom is -0.476 e. The summed E-state index contributed by atoms with van der Waals surface area (Å²) in [6.45, 7) is 5.80. The Labute approximate surface area is 85.4 Å². The summed E-state index contributed by atoms with van der Waals surface area (Å²) in [6, 6.07) is 0. The molecule has 1 heterocycles. The highest BCUT2D eigenvalue weighted by molar-refractivity contribution is 7.16. The quantitative estimate of drug-likeness (QED) is 0.790. The molecule has 0 bridgehead atoms. The molecule has 0 amide bonds. The summed E-state index contributed by atoms with van der Waals surface area (Å²) in [7, 11) is 0. The van der Waals surface area contributed by atoms with E-state index in [0.29, 0.717) is 4.88 Å². The van der Waals surface area contributed by atoms with Crippen molar-refractivity contribution >= 4 is 28.9 Å². The summed E-state index contributed by atoms with van der Waals surface area (Å²) >= 11 is 6.88.